The van der Waals surface area contributed by atoms with Crippen LogP contribution in [0.15, 0.2) is 41.0 Å². The number of aryl methyl sites for hydroxylation is 2. The second kappa shape index (κ2) is 5.74. The highest BCUT2D eigenvalue weighted by molar-refractivity contribution is 9.10. The van der Waals surface area contributed by atoms with Gasteiger partial charge in [0.15, 0.2) is 0 Å². The average Bonchev–Trinajstić information content (AvgIpc) is 2.78. The normalized spacial score (nSPS) is 10.9. The number of hydrogen-bond donors (Lipinski definition) is 1. The van der Waals surface area contributed by atoms with E-state index in [1.807, 2.05) is 25.1 Å². The predicted molar refractivity (Wildman–Crippen MR) is 91.8 cm³/mol. The molecule has 0 aliphatic heterocycles. The first kappa shape index (κ1) is 15.1. The van der Waals surface area contributed by atoms with Crippen LogP contribution in [0.1, 0.15) is 21.7 Å². The van der Waals surface area contributed by atoms with Crippen LogP contribution in [0.5, 0.6) is 0 Å². The highest BCUT2D eigenvalue weighted by Crippen LogP contribution is 2.22. The number of fused-ring (bicyclic) bond motifs is 1. The van der Waals surface area contributed by atoms with E-state index in [-0.39, 0.29) is 5.91 Å². The minimum absolute atomic E-state index is 0.219. The molecule has 1 amide bonds. The van der Waals surface area contributed by atoms with Crippen molar-refractivity contribution in [3.05, 3.63) is 63.0 Å². The molecule has 2 aromatic heterocycles. The summed E-state index contributed by atoms with van der Waals surface area (Å²) >= 11 is 9.48. The van der Waals surface area contributed by atoms with E-state index in [2.05, 4.69) is 26.2 Å². The van der Waals surface area contributed by atoms with Crippen LogP contribution in [0.3, 0.4) is 0 Å². The van der Waals surface area contributed by atoms with Gasteiger partial charge in [-0.1, -0.05) is 33.6 Å². The van der Waals surface area contributed by atoms with E-state index in [4.69, 9.17) is 11.6 Å². The molecule has 3 rings (SSSR count). The molecule has 1 N–H and O–H groups in total. The molecule has 1 aromatic carbocycles. The van der Waals surface area contributed by atoms with Gasteiger partial charge in [0.05, 0.1) is 10.7 Å². The van der Waals surface area contributed by atoms with Crippen LogP contribution in [0, 0.1) is 13.8 Å². The number of aromatic nitrogens is 2. The standard InChI is InChI=1S/C16H13BrClN3O/c1-9-3-5-12(7-13(9)17)20-16(22)15-10(2)19-14-6-4-11(18)8-21(14)15/h3-8H,1-2H3,(H,20,22). The molecule has 22 heavy (non-hydrogen) atoms. The van der Waals surface area contributed by atoms with Gasteiger partial charge in [-0.3, -0.25) is 9.20 Å². The molecular formula is C16H13BrClN3O. The van der Waals surface area contributed by atoms with Crippen molar-refractivity contribution in [2.45, 2.75) is 13.8 Å². The lowest BCUT2D eigenvalue weighted by Gasteiger charge is -2.08. The third kappa shape index (κ3) is 2.74. The number of imidazole rings is 1. The van der Waals surface area contributed by atoms with E-state index in [1.165, 1.54) is 0 Å². The van der Waals surface area contributed by atoms with Crippen molar-refractivity contribution in [3.63, 3.8) is 0 Å². The molecule has 0 aliphatic carbocycles. The first-order chi connectivity index (χ1) is 10.5. The summed E-state index contributed by atoms with van der Waals surface area (Å²) in [6.45, 7) is 3.80. The Bertz CT molecular complexity index is 888. The summed E-state index contributed by atoms with van der Waals surface area (Å²) in [5.74, 6) is -0.219. The van der Waals surface area contributed by atoms with E-state index < -0.39 is 0 Å². The van der Waals surface area contributed by atoms with Crippen LogP contribution >= 0.6 is 27.5 Å². The molecule has 0 spiro atoms. The number of nitrogens with zero attached hydrogens (tertiary/aromatic N) is 2. The Hall–Kier alpha value is -1.85. The molecule has 0 bridgehead atoms. The zero-order valence-electron chi connectivity index (χ0n) is 12.0. The largest absolute Gasteiger partial charge is 0.321 e. The summed E-state index contributed by atoms with van der Waals surface area (Å²) in [5.41, 5.74) is 3.66. The third-order valence-electron chi connectivity index (χ3n) is 3.40. The Morgan fingerprint density at radius 3 is 2.77 bits per heavy atom. The molecule has 0 saturated heterocycles. The Labute approximate surface area is 141 Å². The van der Waals surface area contributed by atoms with Gasteiger partial charge in [-0.2, -0.15) is 0 Å². The van der Waals surface area contributed by atoms with Gasteiger partial charge in [-0.25, -0.2) is 4.98 Å². The van der Waals surface area contributed by atoms with Crippen LogP contribution in [0.25, 0.3) is 5.65 Å². The zero-order chi connectivity index (χ0) is 15.9. The summed E-state index contributed by atoms with van der Waals surface area (Å²) in [6, 6.07) is 9.22. The molecule has 0 saturated carbocycles. The Morgan fingerprint density at radius 1 is 1.27 bits per heavy atom. The number of hydrogen-bond acceptors (Lipinski definition) is 2. The van der Waals surface area contributed by atoms with Gasteiger partial charge in [-0.15, -0.1) is 0 Å². The van der Waals surface area contributed by atoms with Crippen molar-refractivity contribution in [2.24, 2.45) is 0 Å². The topological polar surface area (TPSA) is 46.4 Å². The monoisotopic (exact) mass is 377 g/mol. The summed E-state index contributed by atoms with van der Waals surface area (Å²) in [4.78, 5) is 17.0. The third-order valence-corrected chi connectivity index (χ3v) is 4.48. The van der Waals surface area contributed by atoms with Gasteiger partial charge in [0.2, 0.25) is 0 Å². The summed E-state index contributed by atoms with van der Waals surface area (Å²) in [5, 5.41) is 3.44. The van der Waals surface area contributed by atoms with Gasteiger partial charge in [-0.05, 0) is 43.7 Å². The van der Waals surface area contributed by atoms with E-state index in [1.54, 1.807) is 29.7 Å². The van der Waals surface area contributed by atoms with E-state index in [9.17, 15) is 4.79 Å². The smallest absolute Gasteiger partial charge is 0.274 e. The van der Waals surface area contributed by atoms with Crippen molar-refractivity contribution in [3.8, 4) is 0 Å². The highest BCUT2D eigenvalue weighted by atomic mass is 79.9. The van der Waals surface area contributed by atoms with Crippen molar-refractivity contribution in [1.82, 2.24) is 9.38 Å². The molecule has 2 heterocycles. The zero-order valence-corrected chi connectivity index (χ0v) is 14.4. The SMILES string of the molecule is Cc1ccc(NC(=O)c2c(C)nc3ccc(Cl)cn23)cc1Br. The number of carbonyl (C=O) groups is 1. The quantitative estimate of drug-likeness (QED) is 0.707. The fraction of sp³-hybridized carbons (Fsp3) is 0.125. The first-order valence-corrected chi connectivity index (χ1v) is 7.84. The number of pyridine rings is 1. The van der Waals surface area contributed by atoms with Crippen LogP contribution in [-0.4, -0.2) is 15.3 Å². The molecule has 112 valence electrons. The number of halogens is 2. The number of benzene rings is 1. The van der Waals surface area contributed by atoms with Crippen LogP contribution in [-0.2, 0) is 0 Å². The van der Waals surface area contributed by atoms with E-state index >= 15 is 0 Å². The average molecular weight is 379 g/mol. The van der Waals surface area contributed by atoms with Gasteiger partial charge in [0.25, 0.3) is 5.91 Å². The van der Waals surface area contributed by atoms with Gasteiger partial charge in [0, 0.05) is 16.4 Å². The lowest BCUT2D eigenvalue weighted by atomic mass is 10.2. The Kier molecular flexibility index (Phi) is 3.93. The first-order valence-electron chi connectivity index (χ1n) is 6.67. The maximum atomic E-state index is 12.6. The molecular weight excluding hydrogens is 366 g/mol. The fourth-order valence-electron chi connectivity index (χ4n) is 2.27. The maximum absolute atomic E-state index is 12.6. The number of rotatable bonds is 2. The molecule has 0 unspecified atom stereocenters. The molecule has 6 heteroatoms. The molecule has 0 aliphatic rings. The fourth-order valence-corrected chi connectivity index (χ4v) is 2.81. The van der Waals surface area contributed by atoms with Crippen LogP contribution in [0.2, 0.25) is 5.02 Å². The van der Waals surface area contributed by atoms with Crippen molar-refractivity contribution >= 4 is 44.8 Å². The predicted octanol–water partition coefficient (Wildman–Crippen LogP) is 4.62. The molecule has 4 nitrogen and oxygen atoms in total. The van der Waals surface area contributed by atoms with E-state index in [0.717, 1.165) is 15.7 Å². The number of amides is 1. The molecule has 0 fully saturated rings. The number of carbonyl (C=O) groups excluding carboxylic acids is 1. The second-order valence-electron chi connectivity index (χ2n) is 5.04. The van der Waals surface area contributed by atoms with Gasteiger partial charge < -0.3 is 5.32 Å². The van der Waals surface area contributed by atoms with Crippen LogP contribution < -0.4 is 5.32 Å². The van der Waals surface area contributed by atoms with Gasteiger partial charge in [0.1, 0.15) is 11.3 Å². The molecule has 3 aromatic rings. The van der Waals surface area contributed by atoms with Crippen LogP contribution in [0.4, 0.5) is 5.69 Å². The van der Waals surface area contributed by atoms with E-state index in [0.29, 0.717) is 22.1 Å². The van der Waals surface area contributed by atoms with Crippen molar-refractivity contribution in [1.29, 1.82) is 0 Å². The Balaban J connectivity index is 2.00. The lowest BCUT2D eigenvalue weighted by Crippen LogP contribution is -2.15. The number of anilines is 1. The van der Waals surface area contributed by atoms with Crippen molar-refractivity contribution < 1.29 is 4.79 Å². The molecule has 0 atom stereocenters. The summed E-state index contributed by atoms with van der Waals surface area (Å²) in [7, 11) is 0. The molecule has 0 radical (unpaired) electrons. The van der Waals surface area contributed by atoms with Crippen molar-refractivity contribution in [2.75, 3.05) is 5.32 Å². The second-order valence-corrected chi connectivity index (χ2v) is 6.33. The summed E-state index contributed by atoms with van der Waals surface area (Å²) < 4.78 is 2.65. The highest BCUT2D eigenvalue weighted by Gasteiger charge is 2.17. The minimum atomic E-state index is -0.219. The lowest BCUT2D eigenvalue weighted by molar-refractivity contribution is 0.102. The maximum Gasteiger partial charge on any atom is 0.274 e. The minimum Gasteiger partial charge on any atom is -0.321 e. The van der Waals surface area contributed by atoms with Gasteiger partial charge >= 0.3 is 0 Å². The Morgan fingerprint density at radius 2 is 2.05 bits per heavy atom. The number of nitrogens with one attached hydrogen (secondary N) is 1. The summed E-state index contributed by atoms with van der Waals surface area (Å²) in [6.07, 6.45) is 1.69.